The Morgan fingerprint density at radius 3 is 2.67 bits per heavy atom. The van der Waals surface area contributed by atoms with Crippen LogP contribution in [0.1, 0.15) is 11.1 Å². The summed E-state index contributed by atoms with van der Waals surface area (Å²) < 4.78 is 12.1. The average molecular weight is 350 g/mol. The van der Waals surface area contributed by atoms with Crippen molar-refractivity contribution in [3.63, 3.8) is 0 Å². The summed E-state index contributed by atoms with van der Waals surface area (Å²) in [6.45, 7) is 2.94. The molecule has 2 rings (SSSR count). The minimum absolute atomic E-state index is 0.444. The Kier molecular flexibility index (Phi) is 5.63. The largest absolute Gasteiger partial charge is 0.490 e. The minimum Gasteiger partial charge on any atom is -0.490 e. The lowest BCUT2D eigenvalue weighted by atomic mass is 10.2. The molecule has 0 saturated heterocycles. The molecule has 0 aliphatic rings. The first-order chi connectivity index (χ1) is 10.2. The van der Waals surface area contributed by atoms with Crippen molar-refractivity contribution in [1.29, 1.82) is 0 Å². The van der Waals surface area contributed by atoms with Crippen molar-refractivity contribution >= 4 is 22.1 Å². The van der Waals surface area contributed by atoms with Crippen LogP contribution in [0.25, 0.3) is 0 Å². The van der Waals surface area contributed by atoms with Crippen LogP contribution in [0, 0.1) is 6.92 Å². The molecule has 4 nitrogen and oxygen atoms in total. The highest BCUT2D eigenvalue weighted by Crippen LogP contribution is 2.25. The van der Waals surface area contributed by atoms with E-state index < -0.39 is 0 Å². The van der Waals surface area contributed by atoms with Gasteiger partial charge in [0.2, 0.25) is 0 Å². The number of halogens is 1. The zero-order valence-corrected chi connectivity index (χ0v) is 13.2. The third-order valence-corrected chi connectivity index (χ3v) is 3.38. The predicted octanol–water partition coefficient (Wildman–Crippen LogP) is 4.02. The van der Waals surface area contributed by atoms with Gasteiger partial charge in [-0.3, -0.25) is 0 Å². The molecular weight excluding hydrogens is 334 g/mol. The molecule has 21 heavy (non-hydrogen) atoms. The van der Waals surface area contributed by atoms with Crippen LogP contribution < -0.4 is 9.47 Å². The predicted molar refractivity (Wildman–Crippen MR) is 85.7 cm³/mol. The molecule has 0 amide bonds. The molecule has 0 fully saturated rings. The van der Waals surface area contributed by atoms with Crippen molar-refractivity contribution in [3.8, 4) is 11.5 Å². The summed E-state index contributed by atoms with van der Waals surface area (Å²) in [5.74, 6) is 1.56. The van der Waals surface area contributed by atoms with E-state index in [9.17, 15) is 0 Å². The number of nitrogens with zero attached hydrogens (tertiary/aromatic N) is 1. The summed E-state index contributed by atoms with van der Waals surface area (Å²) in [5.41, 5.74) is 1.95. The molecule has 5 heteroatoms. The normalized spacial score (nSPS) is 10.8. The molecule has 0 heterocycles. The second kappa shape index (κ2) is 7.69. The number of hydrogen-bond donors (Lipinski definition) is 1. The van der Waals surface area contributed by atoms with Gasteiger partial charge in [0.05, 0.1) is 10.7 Å². The molecule has 2 aromatic carbocycles. The second-order valence-corrected chi connectivity index (χ2v) is 5.30. The number of benzene rings is 2. The van der Waals surface area contributed by atoms with E-state index in [2.05, 4.69) is 21.1 Å². The van der Waals surface area contributed by atoms with Gasteiger partial charge in [0.1, 0.15) is 24.7 Å². The molecule has 1 N–H and O–H groups in total. The highest BCUT2D eigenvalue weighted by Gasteiger charge is 2.02. The quantitative estimate of drug-likeness (QED) is 0.370. The van der Waals surface area contributed by atoms with Crippen LogP contribution in [0.15, 0.2) is 52.1 Å². The molecule has 0 bridgehead atoms. The number of aryl methyl sites for hydroxylation is 1. The Balaban J connectivity index is 1.83. The van der Waals surface area contributed by atoms with Crippen LogP contribution in [0.3, 0.4) is 0 Å². The van der Waals surface area contributed by atoms with Crippen molar-refractivity contribution < 1.29 is 14.7 Å². The van der Waals surface area contributed by atoms with Gasteiger partial charge in [-0.15, -0.1) is 0 Å². The molecule has 0 aliphatic heterocycles. The van der Waals surface area contributed by atoms with Crippen LogP contribution in [0.5, 0.6) is 11.5 Å². The van der Waals surface area contributed by atoms with E-state index in [-0.39, 0.29) is 0 Å². The Morgan fingerprint density at radius 1 is 1.14 bits per heavy atom. The summed E-state index contributed by atoms with van der Waals surface area (Å²) in [4.78, 5) is 0. The average Bonchev–Trinajstić information content (AvgIpc) is 2.46. The molecule has 0 saturated carbocycles. The monoisotopic (exact) mass is 349 g/mol. The van der Waals surface area contributed by atoms with Gasteiger partial charge in [-0.1, -0.05) is 17.3 Å². The SMILES string of the molecule is Cc1cccc(OCCOc2ccc(C=NO)cc2Br)c1. The minimum atomic E-state index is 0.444. The molecule has 0 radical (unpaired) electrons. The first kappa shape index (κ1) is 15.4. The Labute approximate surface area is 132 Å². The van der Waals surface area contributed by atoms with Gasteiger partial charge in [-0.25, -0.2) is 0 Å². The number of hydrogen-bond acceptors (Lipinski definition) is 4. The summed E-state index contributed by atoms with van der Waals surface area (Å²) >= 11 is 3.41. The summed E-state index contributed by atoms with van der Waals surface area (Å²) in [6, 6.07) is 13.3. The van der Waals surface area contributed by atoms with Gasteiger partial charge < -0.3 is 14.7 Å². The van der Waals surface area contributed by atoms with Gasteiger partial charge >= 0.3 is 0 Å². The summed E-state index contributed by atoms with van der Waals surface area (Å²) in [7, 11) is 0. The lowest BCUT2D eigenvalue weighted by molar-refractivity contribution is 0.216. The molecule has 0 atom stereocenters. The standard InChI is InChI=1S/C16H16BrNO3/c1-12-3-2-4-14(9-12)20-7-8-21-16-6-5-13(11-18-19)10-15(16)17/h2-6,9-11,19H,7-8H2,1H3. The lowest BCUT2D eigenvalue weighted by Crippen LogP contribution is -2.09. The van der Waals surface area contributed by atoms with E-state index in [1.165, 1.54) is 6.21 Å². The maximum atomic E-state index is 8.49. The van der Waals surface area contributed by atoms with E-state index in [4.69, 9.17) is 14.7 Å². The molecule has 0 aromatic heterocycles. The van der Waals surface area contributed by atoms with Crippen LogP contribution in [-0.4, -0.2) is 24.6 Å². The molecule has 0 unspecified atom stereocenters. The first-order valence-electron chi connectivity index (χ1n) is 6.48. The van der Waals surface area contributed by atoms with Gasteiger partial charge in [0.25, 0.3) is 0 Å². The first-order valence-corrected chi connectivity index (χ1v) is 7.27. The van der Waals surface area contributed by atoms with Gasteiger partial charge in [-0.2, -0.15) is 0 Å². The number of rotatable bonds is 6. The zero-order valence-electron chi connectivity index (χ0n) is 11.6. The lowest BCUT2D eigenvalue weighted by Gasteiger charge is -2.10. The number of ether oxygens (including phenoxy) is 2. The Morgan fingerprint density at radius 2 is 1.95 bits per heavy atom. The molecule has 0 aliphatic carbocycles. The molecule has 0 spiro atoms. The maximum absolute atomic E-state index is 8.49. The zero-order chi connectivity index (χ0) is 15.1. The fourth-order valence-electron chi connectivity index (χ4n) is 1.80. The summed E-state index contributed by atoms with van der Waals surface area (Å²) in [5, 5.41) is 11.5. The van der Waals surface area contributed by atoms with Crippen LogP contribution >= 0.6 is 15.9 Å². The topological polar surface area (TPSA) is 51.0 Å². The van der Waals surface area contributed by atoms with Crippen molar-refractivity contribution in [1.82, 2.24) is 0 Å². The van der Waals surface area contributed by atoms with E-state index >= 15 is 0 Å². The van der Waals surface area contributed by atoms with E-state index in [1.807, 2.05) is 43.3 Å². The molecule has 2 aromatic rings. The fourth-order valence-corrected chi connectivity index (χ4v) is 2.31. The van der Waals surface area contributed by atoms with Crippen LogP contribution in [0.4, 0.5) is 0 Å². The van der Waals surface area contributed by atoms with E-state index in [0.717, 1.165) is 27.1 Å². The highest BCUT2D eigenvalue weighted by atomic mass is 79.9. The van der Waals surface area contributed by atoms with Crippen molar-refractivity contribution in [3.05, 3.63) is 58.1 Å². The fraction of sp³-hybridized carbons (Fsp3) is 0.188. The maximum Gasteiger partial charge on any atom is 0.133 e. The molecule has 110 valence electrons. The van der Waals surface area contributed by atoms with E-state index in [0.29, 0.717) is 13.2 Å². The highest BCUT2D eigenvalue weighted by molar-refractivity contribution is 9.10. The summed E-state index contributed by atoms with van der Waals surface area (Å²) in [6.07, 6.45) is 1.36. The second-order valence-electron chi connectivity index (χ2n) is 4.45. The van der Waals surface area contributed by atoms with Crippen LogP contribution in [0.2, 0.25) is 0 Å². The Bertz CT molecular complexity index is 629. The third kappa shape index (κ3) is 4.79. The third-order valence-electron chi connectivity index (χ3n) is 2.76. The van der Waals surface area contributed by atoms with Crippen LogP contribution in [-0.2, 0) is 0 Å². The van der Waals surface area contributed by atoms with Gasteiger partial charge in [0.15, 0.2) is 0 Å². The Hall–Kier alpha value is -2.01. The smallest absolute Gasteiger partial charge is 0.133 e. The van der Waals surface area contributed by atoms with Crippen molar-refractivity contribution in [2.75, 3.05) is 13.2 Å². The number of oxime groups is 1. The van der Waals surface area contributed by atoms with Gasteiger partial charge in [0, 0.05) is 0 Å². The van der Waals surface area contributed by atoms with Crippen molar-refractivity contribution in [2.24, 2.45) is 5.16 Å². The van der Waals surface area contributed by atoms with Gasteiger partial charge in [-0.05, 0) is 64.3 Å². The van der Waals surface area contributed by atoms with E-state index in [1.54, 1.807) is 6.07 Å². The molecular formula is C16H16BrNO3. The van der Waals surface area contributed by atoms with Crippen molar-refractivity contribution in [2.45, 2.75) is 6.92 Å².